The monoisotopic (exact) mass is 295 g/mol. The topological polar surface area (TPSA) is 52.7 Å². The fraction of sp³-hybridized carbons (Fsp3) is 0.875. The highest BCUT2D eigenvalue weighted by Crippen LogP contribution is 2.21. The van der Waals surface area contributed by atoms with Crippen molar-refractivity contribution < 1.29 is 9.59 Å². The van der Waals surface area contributed by atoms with Crippen molar-refractivity contribution in [2.75, 3.05) is 27.2 Å². The Kier molecular flexibility index (Phi) is 6.03. The molecule has 21 heavy (non-hydrogen) atoms. The van der Waals surface area contributed by atoms with Gasteiger partial charge in [-0.3, -0.25) is 9.59 Å². The lowest BCUT2D eigenvalue weighted by atomic mass is 9.94. The molecule has 0 aromatic carbocycles. The molecule has 5 nitrogen and oxygen atoms in total. The summed E-state index contributed by atoms with van der Waals surface area (Å²) < 4.78 is 0. The Hall–Kier alpha value is -1.10. The van der Waals surface area contributed by atoms with Gasteiger partial charge in [0.2, 0.25) is 11.8 Å². The molecule has 0 radical (unpaired) electrons. The molecule has 2 amide bonds. The molecule has 0 aromatic rings. The summed E-state index contributed by atoms with van der Waals surface area (Å²) >= 11 is 0. The molecule has 1 heterocycles. The number of piperidine rings is 1. The Morgan fingerprint density at radius 3 is 2.29 bits per heavy atom. The molecule has 5 heteroatoms. The first-order chi connectivity index (χ1) is 10.1. The van der Waals surface area contributed by atoms with Crippen LogP contribution in [0.5, 0.6) is 0 Å². The Morgan fingerprint density at radius 1 is 1.00 bits per heavy atom. The van der Waals surface area contributed by atoms with Crippen LogP contribution in [-0.4, -0.2) is 60.9 Å². The van der Waals surface area contributed by atoms with Crippen molar-refractivity contribution in [1.82, 2.24) is 15.1 Å². The Balaban J connectivity index is 1.81. The first-order valence-corrected chi connectivity index (χ1v) is 8.33. The molecule has 0 spiro atoms. The molecule has 1 saturated heterocycles. The maximum Gasteiger partial charge on any atom is 0.242 e. The largest absolute Gasteiger partial charge is 0.341 e. The lowest BCUT2D eigenvalue weighted by Crippen LogP contribution is -2.50. The highest BCUT2D eigenvalue weighted by atomic mass is 16.2. The molecule has 1 aliphatic heterocycles. The van der Waals surface area contributed by atoms with E-state index in [4.69, 9.17) is 0 Å². The van der Waals surface area contributed by atoms with Crippen LogP contribution in [0.2, 0.25) is 0 Å². The molecule has 1 saturated carbocycles. The van der Waals surface area contributed by atoms with E-state index in [1.807, 2.05) is 11.9 Å². The Labute approximate surface area is 128 Å². The Bertz CT molecular complexity index is 361. The molecule has 0 aromatic heterocycles. The van der Waals surface area contributed by atoms with Gasteiger partial charge in [-0.1, -0.05) is 25.7 Å². The predicted molar refractivity (Wildman–Crippen MR) is 82.9 cm³/mol. The van der Waals surface area contributed by atoms with Crippen molar-refractivity contribution in [3.05, 3.63) is 0 Å². The predicted octanol–water partition coefficient (Wildman–Crippen LogP) is 1.38. The molecule has 0 unspecified atom stereocenters. The zero-order valence-corrected chi connectivity index (χ0v) is 13.4. The highest BCUT2D eigenvalue weighted by Gasteiger charge is 2.27. The van der Waals surface area contributed by atoms with Crippen molar-refractivity contribution in [2.24, 2.45) is 0 Å². The minimum absolute atomic E-state index is 0.0556. The van der Waals surface area contributed by atoms with E-state index in [1.165, 1.54) is 19.3 Å². The van der Waals surface area contributed by atoms with Crippen LogP contribution < -0.4 is 5.32 Å². The molecule has 1 aliphatic carbocycles. The second-order valence-corrected chi connectivity index (χ2v) is 6.49. The average molecular weight is 295 g/mol. The summed E-state index contributed by atoms with van der Waals surface area (Å²) in [5, 5.41) is 3.25. The van der Waals surface area contributed by atoms with Crippen LogP contribution >= 0.6 is 0 Å². The highest BCUT2D eigenvalue weighted by molar-refractivity contribution is 5.87. The molecular formula is C16H29N3O2. The van der Waals surface area contributed by atoms with Gasteiger partial charge in [-0.15, -0.1) is 0 Å². The molecule has 1 atom stereocenters. The van der Waals surface area contributed by atoms with E-state index >= 15 is 0 Å². The van der Waals surface area contributed by atoms with E-state index in [1.54, 1.807) is 11.9 Å². The van der Waals surface area contributed by atoms with E-state index in [0.29, 0.717) is 6.04 Å². The van der Waals surface area contributed by atoms with E-state index in [2.05, 4.69) is 5.32 Å². The van der Waals surface area contributed by atoms with Crippen molar-refractivity contribution in [3.8, 4) is 0 Å². The number of hydrogen-bond donors (Lipinski definition) is 1. The van der Waals surface area contributed by atoms with Crippen molar-refractivity contribution in [2.45, 2.75) is 63.5 Å². The molecule has 0 bridgehead atoms. The van der Waals surface area contributed by atoms with Gasteiger partial charge < -0.3 is 15.1 Å². The van der Waals surface area contributed by atoms with Crippen molar-refractivity contribution in [3.63, 3.8) is 0 Å². The number of hydrogen-bond acceptors (Lipinski definition) is 3. The molecule has 2 rings (SSSR count). The molecular weight excluding hydrogens is 266 g/mol. The lowest BCUT2D eigenvalue weighted by Gasteiger charge is -2.33. The normalized spacial score (nSPS) is 23.6. The zero-order valence-electron chi connectivity index (χ0n) is 13.4. The summed E-state index contributed by atoms with van der Waals surface area (Å²) in [6.07, 6.45) is 9.02. The van der Waals surface area contributed by atoms with Gasteiger partial charge in [0, 0.05) is 20.1 Å². The fourth-order valence-electron chi connectivity index (χ4n) is 3.39. The van der Waals surface area contributed by atoms with E-state index in [-0.39, 0.29) is 24.4 Å². The summed E-state index contributed by atoms with van der Waals surface area (Å²) in [4.78, 5) is 28.1. The summed E-state index contributed by atoms with van der Waals surface area (Å²) in [5.74, 6) is 0.119. The summed E-state index contributed by atoms with van der Waals surface area (Å²) in [6.45, 7) is 1.10. The van der Waals surface area contributed by atoms with Gasteiger partial charge in [-0.2, -0.15) is 0 Å². The SMILES string of the molecule is CN(CC(=O)N(C)C1CCCCC1)C(=O)[C@H]1CCCCN1. The first kappa shape index (κ1) is 16.3. The van der Waals surface area contributed by atoms with Crippen molar-refractivity contribution >= 4 is 11.8 Å². The van der Waals surface area contributed by atoms with Crippen LogP contribution in [0.25, 0.3) is 0 Å². The van der Waals surface area contributed by atoms with Crippen LogP contribution in [0, 0.1) is 0 Å². The third kappa shape index (κ3) is 4.43. The second kappa shape index (κ2) is 7.78. The van der Waals surface area contributed by atoms with E-state index < -0.39 is 0 Å². The minimum atomic E-state index is -0.100. The van der Waals surface area contributed by atoms with Gasteiger partial charge in [0.15, 0.2) is 0 Å². The van der Waals surface area contributed by atoms with E-state index in [9.17, 15) is 9.59 Å². The standard InChI is InChI=1S/C16H29N3O2/c1-18(16(21)14-10-6-7-11-17-14)12-15(20)19(2)13-8-4-3-5-9-13/h13-14,17H,3-12H2,1-2H3/t14-/m1/s1. The average Bonchev–Trinajstić information content (AvgIpc) is 2.55. The zero-order chi connectivity index (χ0) is 15.2. The van der Waals surface area contributed by atoms with Crippen molar-refractivity contribution in [1.29, 1.82) is 0 Å². The Morgan fingerprint density at radius 2 is 1.67 bits per heavy atom. The van der Waals surface area contributed by atoms with Gasteiger partial charge >= 0.3 is 0 Å². The molecule has 2 aliphatic rings. The minimum Gasteiger partial charge on any atom is -0.341 e. The molecule has 1 N–H and O–H groups in total. The number of nitrogens with zero attached hydrogens (tertiary/aromatic N) is 2. The maximum atomic E-state index is 12.4. The van der Waals surface area contributed by atoms with E-state index in [0.717, 1.165) is 38.6 Å². The third-order valence-electron chi connectivity index (χ3n) is 4.87. The second-order valence-electron chi connectivity index (χ2n) is 6.49. The lowest BCUT2D eigenvalue weighted by molar-refractivity contribution is -0.141. The van der Waals surface area contributed by atoms with Gasteiger partial charge in [0.25, 0.3) is 0 Å². The summed E-state index contributed by atoms with van der Waals surface area (Å²) in [7, 11) is 3.63. The van der Waals surface area contributed by atoms with Gasteiger partial charge in [0.1, 0.15) is 0 Å². The quantitative estimate of drug-likeness (QED) is 0.852. The number of amides is 2. The van der Waals surface area contributed by atoms with Gasteiger partial charge in [-0.25, -0.2) is 0 Å². The van der Waals surface area contributed by atoms with Crippen LogP contribution in [0.3, 0.4) is 0 Å². The smallest absolute Gasteiger partial charge is 0.242 e. The van der Waals surface area contributed by atoms with Gasteiger partial charge in [0.05, 0.1) is 12.6 Å². The molecule has 2 fully saturated rings. The van der Waals surface area contributed by atoms with Crippen LogP contribution in [0.15, 0.2) is 0 Å². The fourth-order valence-corrected chi connectivity index (χ4v) is 3.39. The van der Waals surface area contributed by atoms with Crippen LogP contribution in [0.1, 0.15) is 51.4 Å². The summed E-state index contributed by atoms with van der Waals surface area (Å²) in [6, 6.07) is 0.263. The maximum absolute atomic E-state index is 12.4. The van der Waals surface area contributed by atoms with Crippen LogP contribution in [0.4, 0.5) is 0 Å². The summed E-state index contributed by atoms with van der Waals surface area (Å²) in [5.41, 5.74) is 0. The van der Waals surface area contributed by atoms with Crippen LogP contribution in [-0.2, 0) is 9.59 Å². The first-order valence-electron chi connectivity index (χ1n) is 8.33. The number of nitrogens with one attached hydrogen (secondary N) is 1. The third-order valence-corrected chi connectivity index (χ3v) is 4.87. The van der Waals surface area contributed by atoms with Gasteiger partial charge in [-0.05, 0) is 32.2 Å². The number of likely N-dealkylation sites (N-methyl/N-ethyl adjacent to an activating group) is 2. The molecule has 120 valence electrons. The number of rotatable bonds is 4. The number of carbonyl (C=O) groups is 2. The number of carbonyl (C=O) groups excluding carboxylic acids is 2.